The smallest absolute Gasteiger partial charge is 0.316 e. The Morgan fingerprint density at radius 3 is 2.41 bits per heavy atom. The van der Waals surface area contributed by atoms with Gasteiger partial charge in [-0.1, -0.05) is 35.4 Å². The highest BCUT2D eigenvalue weighted by Gasteiger charge is 2.26. The first-order valence-corrected chi connectivity index (χ1v) is 10.5. The van der Waals surface area contributed by atoms with E-state index in [9.17, 15) is 9.59 Å². The van der Waals surface area contributed by atoms with E-state index < -0.39 is 11.9 Å². The number of carboxylic acids is 1. The Labute approximate surface area is 184 Å². The van der Waals surface area contributed by atoms with Crippen molar-refractivity contribution < 1.29 is 23.8 Å². The average Bonchev–Trinajstić information content (AvgIpc) is 3.29. The number of ether oxygens (including phenoxy) is 1. The molecule has 9 nitrogen and oxygen atoms in total. The van der Waals surface area contributed by atoms with Gasteiger partial charge in [-0.25, -0.2) is 0 Å². The van der Waals surface area contributed by atoms with Crippen LogP contribution in [0.3, 0.4) is 0 Å². The number of carbonyl (C=O) groups is 2. The molecule has 0 aliphatic heterocycles. The number of aliphatic carboxylic acids is 1. The highest BCUT2D eigenvalue weighted by molar-refractivity contribution is 6.00. The van der Waals surface area contributed by atoms with Crippen molar-refractivity contribution in [1.82, 2.24) is 10.2 Å². The molecule has 0 saturated heterocycles. The van der Waals surface area contributed by atoms with Gasteiger partial charge in [0, 0.05) is 12.2 Å². The summed E-state index contributed by atoms with van der Waals surface area (Å²) in [5, 5.41) is 22.4. The van der Waals surface area contributed by atoms with E-state index in [1.165, 1.54) is 0 Å². The molecule has 1 aromatic heterocycles. The van der Waals surface area contributed by atoms with Gasteiger partial charge in [0.05, 0.1) is 12.0 Å². The minimum absolute atomic E-state index is 0.00578. The summed E-state index contributed by atoms with van der Waals surface area (Å²) in [5.41, 5.74) is 1.61. The van der Waals surface area contributed by atoms with Crippen LogP contribution in [-0.4, -0.2) is 33.3 Å². The number of nitrogens with zero attached hydrogens (tertiary/aromatic N) is 2. The summed E-state index contributed by atoms with van der Waals surface area (Å²) in [4.78, 5) is 23.4. The molecule has 3 aromatic rings. The number of hydrogen-bond donors (Lipinski definition) is 3. The second kappa shape index (κ2) is 9.95. The Kier molecular flexibility index (Phi) is 6.64. The number of carbonyl (C=O) groups excluding carboxylic acids is 1. The molecule has 0 spiro atoms. The Hall–Kier alpha value is -3.88. The third kappa shape index (κ3) is 5.63. The lowest BCUT2D eigenvalue weighted by Crippen LogP contribution is -2.27. The van der Waals surface area contributed by atoms with Crippen molar-refractivity contribution in [2.24, 2.45) is 5.92 Å². The van der Waals surface area contributed by atoms with Crippen LogP contribution >= 0.6 is 0 Å². The third-order valence-electron chi connectivity index (χ3n) is 5.34. The molecule has 3 N–H and O–H groups in total. The van der Waals surface area contributed by atoms with Gasteiger partial charge in [-0.3, -0.25) is 9.59 Å². The molecule has 0 atom stereocenters. The Morgan fingerprint density at radius 2 is 1.72 bits per heavy atom. The summed E-state index contributed by atoms with van der Waals surface area (Å²) in [6.45, 7) is 0.503. The van der Waals surface area contributed by atoms with Crippen LogP contribution in [0.15, 0.2) is 59.0 Å². The van der Waals surface area contributed by atoms with Crippen LogP contribution in [-0.2, 0) is 11.3 Å². The Morgan fingerprint density at radius 1 is 1.00 bits per heavy atom. The summed E-state index contributed by atoms with van der Waals surface area (Å²) in [6, 6.07) is 16.9. The second-order valence-electron chi connectivity index (χ2n) is 7.66. The van der Waals surface area contributed by atoms with Crippen LogP contribution in [0.4, 0.5) is 11.7 Å². The maximum absolute atomic E-state index is 12.4. The predicted octanol–water partition coefficient (Wildman–Crippen LogP) is 3.96. The first-order valence-electron chi connectivity index (χ1n) is 10.5. The zero-order valence-electron chi connectivity index (χ0n) is 17.4. The van der Waals surface area contributed by atoms with Gasteiger partial charge >= 0.3 is 23.8 Å². The van der Waals surface area contributed by atoms with Gasteiger partial charge in [0.1, 0.15) is 5.75 Å². The van der Waals surface area contributed by atoms with Gasteiger partial charge in [0.25, 0.3) is 0 Å². The Bertz CT molecular complexity index is 1040. The number of nitrogens with one attached hydrogen (secondary N) is 2. The molecule has 0 radical (unpaired) electrons. The van der Waals surface area contributed by atoms with E-state index in [0.29, 0.717) is 43.7 Å². The standard InChI is InChI=1S/C23H24N4O5/c28-20(21-26-27-23(32-21)24-14-15-4-2-1-3-5-15)25-17-8-12-19(13-9-17)31-18-10-6-16(7-11-18)22(29)30/h1-5,8-9,12-13,16,18H,6-7,10-11,14H2,(H,24,27)(H,25,28)(H,29,30). The van der Waals surface area contributed by atoms with Crippen LogP contribution in [0.25, 0.3) is 0 Å². The number of benzene rings is 2. The lowest BCUT2D eigenvalue weighted by atomic mass is 9.87. The second-order valence-corrected chi connectivity index (χ2v) is 7.66. The van der Waals surface area contributed by atoms with Crippen molar-refractivity contribution in [2.45, 2.75) is 38.3 Å². The average molecular weight is 436 g/mol. The monoisotopic (exact) mass is 436 g/mol. The van der Waals surface area contributed by atoms with Crippen molar-refractivity contribution in [3.05, 3.63) is 66.1 Å². The van der Waals surface area contributed by atoms with Crippen LogP contribution in [0.1, 0.15) is 41.9 Å². The number of aromatic nitrogens is 2. The van der Waals surface area contributed by atoms with Crippen molar-refractivity contribution in [2.75, 3.05) is 10.6 Å². The summed E-state index contributed by atoms with van der Waals surface area (Å²) in [6.07, 6.45) is 2.69. The summed E-state index contributed by atoms with van der Waals surface area (Å²) >= 11 is 0. The molecule has 1 aliphatic carbocycles. The highest BCUT2D eigenvalue weighted by Crippen LogP contribution is 2.28. The van der Waals surface area contributed by atoms with E-state index >= 15 is 0 Å². The van der Waals surface area contributed by atoms with E-state index in [4.69, 9.17) is 14.3 Å². The zero-order chi connectivity index (χ0) is 22.3. The van der Waals surface area contributed by atoms with Gasteiger partial charge in [-0.2, -0.15) is 0 Å². The summed E-state index contributed by atoms with van der Waals surface area (Å²) in [7, 11) is 0. The predicted molar refractivity (Wildman–Crippen MR) is 116 cm³/mol. The SMILES string of the molecule is O=C(Nc1ccc(OC2CCC(C(=O)O)CC2)cc1)c1nnc(NCc2ccccc2)o1. The van der Waals surface area contributed by atoms with Crippen molar-refractivity contribution in [3.8, 4) is 5.75 Å². The van der Waals surface area contributed by atoms with Gasteiger partial charge in [0.2, 0.25) is 0 Å². The highest BCUT2D eigenvalue weighted by atomic mass is 16.5. The van der Waals surface area contributed by atoms with Crippen LogP contribution in [0.2, 0.25) is 0 Å². The minimum atomic E-state index is -0.733. The van der Waals surface area contributed by atoms with Gasteiger partial charge in [0.15, 0.2) is 0 Å². The maximum Gasteiger partial charge on any atom is 0.316 e. The number of hydrogen-bond acceptors (Lipinski definition) is 7. The largest absolute Gasteiger partial charge is 0.490 e. The van der Waals surface area contributed by atoms with Crippen LogP contribution in [0.5, 0.6) is 5.75 Å². The van der Waals surface area contributed by atoms with E-state index in [1.54, 1.807) is 24.3 Å². The molecule has 0 bridgehead atoms. The van der Waals surface area contributed by atoms with Crippen molar-refractivity contribution in [1.29, 1.82) is 0 Å². The quantitative estimate of drug-likeness (QED) is 0.484. The zero-order valence-corrected chi connectivity index (χ0v) is 17.4. The first kappa shape index (κ1) is 21.4. The summed E-state index contributed by atoms with van der Waals surface area (Å²) < 4.78 is 11.3. The number of anilines is 2. The lowest BCUT2D eigenvalue weighted by Gasteiger charge is -2.26. The fourth-order valence-corrected chi connectivity index (χ4v) is 3.58. The molecule has 1 heterocycles. The van der Waals surface area contributed by atoms with Crippen molar-refractivity contribution in [3.63, 3.8) is 0 Å². The molecule has 0 unspecified atom stereocenters. The molecule has 2 aromatic carbocycles. The normalized spacial score (nSPS) is 18.0. The van der Waals surface area contributed by atoms with E-state index in [2.05, 4.69) is 20.8 Å². The maximum atomic E-state index is 12.4. The van der Waals surface area contributed by atoms with Crippen molar-refractivity contribution >= 4 is 23.6 Å². The van der Waals surface area contributed by atoms with Crippen LogP contribution < -0.4 is 15.4 Å². The number of carboxylic acid groups (broad SMARTS) is 1. The minimum Gasteiger partial charge on any atom is -0.490 e. The lowest BCUT2D eigenvalue weighted by molar-refractivity contribution is -0.143. The van der Waals surface area contributed by atoms with Crippen LogP contribution in [0, 0.1) is 5.92 Å². The molecule has 9 heteroatoms. The number of rotatable bonds is 8. The molecule has 4 rings (SSSR count). The van der Waals surface area contributed by atoms with E-state index in [0.717, 1.165) is 5.56 Å². The molecular weight excluding hydrogens is 412 g/mol. The van der Waals surface area contributed by atoms with E-state index in [-0.39, 0.29) is 23.9 Å². The van der Waals surface area contributed by atoms with Gasteiger partial charge in [-0.05, 0) is 55.5 Å². The van der Waals surface area contributed by atoms with Gasteiger partial charge < -0.3 is 24.9 Å². The molecule has 1 amide bonds. The molecule has 1 saturated carbocycles. The summed E-state index contributed by atoms with van der Waals surface area (Å²) in [5.74, 6) is -0.982. The topological polar surface area (TPSA) is 127 Å². The Balaban J connectivity index is 1.26. The van der Waals surface area contributed by atoms with Gasteiger partial charge in [-0.15, -0.1) is 5.10 Å². The first-order chi connectivity index (χ1) is 15.6. The number of amides is 1. The molecule has 1 fully saturated rings. The third-order valence-corrected chi connectivity index (χ3v) is 5.34. The molecule has 1 aliphatic rings. The molecule has 166 valence electrons. The molecule has 32 heavy (non-hydrogen) atoms. The molecular formula is C23H24N4O5. The van der Waals surface area contributed by atoms with E-state index in [1.807, 2.05) is 30.3 Å². The fraction of sp³-hybridized carbons (Fsp3) is 0.304. The fourth-order valence-electron chi connectivity index (χ4n) is 3.58.